The molecule has 0 fully saturated rings. The summed E-state index contributed by atoms with van der Waals surface area (Å²) in [6, 6.07) is 2.88. The molecule has 3 heteroatoms. The van der Waals surface area contributed by atoms with Gasteiger partial charge in [-0.2, -0.15) is 0 Å². The largest absolute Gasteiger partial charge is 0.504 e. The second kappa shape index (κ2) is 3.85. The van der Waals surface area contributed by atoms with Crippen molar-refractivity contribution in [2.75, 3.05) is 0 Å². The van der Waals surface area contributed by atoms with Gasteiger partial charge < -0.3 is 15.3 Å². The van der Waals surface area contributed by atoms with Gasteiger partial charge in [0.1, 0.15) is 0 Å². The molecule has 0 aliphatic rings. The van der Waals surface area contributed by atoms with Crippen LogP contribution in [0, 0.1) is 0 Å². The van der Waals surface area contributed by atoms with Gasteiger partial charge in [0.15, 0.2) is 11.5 Å². The lowest BCUT2D eigenvalue weighted by atomic mass is 10.1. The van der Waals surface area contributed by atoms with E-state index in [0.29, 0.717) is 5.56 Å². The van der Waals surface area contributed by atoms with Crippen LogP contribution in [0.3, 0.4) is 0 Å². The first kappa shape index (κ1) is 9.45. The molecule has 0 aliphatic heterocycles. The van der Waals surface area contributed by atoms with Crippen molar-refractivity contribution in [3.05, 3.63) is 23.8 Å². The summed E-state index contributed by atoms with van der Waals surface area (Å²) >= 11 is 0. The van der Waals surface area contributed by atoms with Gasteiger partial charge in [0.25, 0.3) is 0 Å². The quantitative estimate of drug-likeness (QED) is 0.611. The van der Waals surface area contributed by atoms with E-state index < -0.39 is 5.75 Å². The summed E-state index contributed by atoms with van der Waals surface area (Å²) in [6.45, 7) is 1.97. The van der Waals surface area contributed by atoms with E-state index in [4.69, 9.17) is 10.2 Å². The van der Waals surface area contributed by atoms with Crippen LogP contribution in [0.5, 0.6) is 17.2 Å². The zero-order valence-corrected chi connectivity index (χ0v) is 7.36. The van der Waals surface area contributed by atoms with Gasteiger partial charge in [-0.05, 0) is 18.6 Å². The topological polar surface area (TPSA) is 60.7 Å². The number of aromatic hydroxyl groups is 3. The van der Waals surface area contributed by atoms with Crippen LogP contribution in [0.2, 0.25) is 0 Å². The van der Waals surface area contributed by atoms with E-state index in [1.54, 1.807) is 6.08 Å². The molecule has 0 atom stereocenters. The predicted molar refractivity (Wildman–Crippen MR) is 50.8 cm³/mol. The van der Waals surface area contributed by atoms with Crippen LogP contribution in [0.25, 0.3) is 6.08 Å². The highest BCUT2D eigenvalue weighted by Crippen LogP contribution is 2.37. The average Bonchev–Trinajstić information content (AvgIpc) is 2.13. The molecule has 0 aromatic heterocycles. The molecule has 0 amide bonds. The molecule has 13 heavy (non-hydrogen) atoms. The Hall–Kier alpha value is -1.64. The summed E-state index contributed by atoms with van der Waals surface area (Å²) in [4.78, 5) is 0. The Morgan fingerprint density at radius 2 is 1.85 bits per heavy atom. The minimum atomic E-state index is -0.474. The number of hydrogen-bond donors (Lipinski definition) is 3. The third kappa shape index (κ3) is 1.93. The van der Waals surface area contributed by atoms with Gasteiger partial charge in [-0.3, -0.25) is 0 Å². The lowest BCUT2D eigenvalue weighted by Gasteiger charge is -2.03. The van der Waals surface area contributed by atoms with Crippen molar-refractivity contribution in [2.24, 2.45) is 0 Å². The fourth-order valence-corrected chi connectivity index (χ4v) is 0.964. The standard InChI is InChI=1S/C10H12O3/c1-2-3-4-7-5-6-8(11)10(13)9(7)12/h3-6,11-13H,2H2,1H3. The van der Waals surface area contributed by atoms with Crippen LogP contribution in [-0.4, -0.2) is 15.3 Å². The number of rotatable bonds is 2. The van der Waals surface area contributed by atoms with E-state index in [2.05, 4.69) is 0 Å². The first-order valence-electron chi connectivity index (χ1n) is 4.07. The molecule has 0 spiro atoms. The fourth-order valence-electron chi connectivity index (χ4n) is 0.964. The summed E-state index contributed by atoms with van der Waals surface area (Å²) in [5.41, 5.74) is 0.497. The van der Waals surface area contributed by atoms with Gasteiger partial charge >= 0.3 is 0 Å². The molecular weight excluding hydrogens is 168 g/mol. The van der Waals surface area contributed by atoms with Crippen LogP contribution in [0.15, 0.2) is 18.2 Å². The van der Waals surface area contributed by atoms with Crippen LogP contribution in [0.4, 0.5) is 0 Å². The van der Waals surface area contributed by atoms with Gasteiger partial charge in [0, 0.05) is 5.56 Å². The number of hydrogen-bond acceptors (Lipinski definition) is 3. The summed E-state index contributed by atoms with van der Waals surface area (Å²) in [7, 11) is 0. The van der Waals surface area contributed by atoms with Gasteiger partial charge in [-0.25, -0.2) is 0 Å². The van der Waals surface area contributed by atoms with Crippen LogP contribution in [-0.2, 0) is 0 Å². The van der Waals surface area contributed by atoms with Crippen molar-refractivity contribution in [3.8, 4) is 17.2 Å². The Balaban J connectivity index is 3.11. The lowest BCUT2D eigenvalue weighted by molar-refractivity contribution is 0.367. The zero-order chi connectivity index (χ0) is 9.84. The molecule has 3 N–H and O–H groups in total. The smallest absolute Gasteiger partial charge is 0.200 e. The second-order valence-electron chi connectivity index (χ2n) is 2.68. The monoisotopic (exact) mass is 180 g/mol. The third-order valence-electron chi connectivity index (χ3n) is 1.69. The van der Waals surface area contributed by atoms with Gasteiger partial charge in [-0.15, -0.1) is 0 Å². The predicted octanol–water partition coefficient (Wildman–Crippen LogP) is 2.23. The maximum atomic E-state index is 9.34. The van der Waals surface area contributed by atoms with Crippen molar-refractivity contribution in [2.45, 2.75) is 13.3 Å². The highest BCUT2D eigenvalue weighted by atomic mass is 16.3. The first-order chi connectivity index (χ1) is 6.16. The van der Waals surface area contributed by atoms with Gasteiger partial charge in [0.05, 0.1) is 0 Å². The van der Waals surface area contributed by atoms with Crippen LogP contribution in [0.1, 0.15) is 18.9 Å². The van der Waals surface area contributed by atoms with Crippen molar-refractivity contribution >= 4 is 6.08 Å². The SMILES string of the molecule is CCC=Cc1ccc(O)c(O)c1O. The molecule has 0 saturated heterocycles. The molecular formula is C10H12O3. The lowest BCUT2D eigenvalue weighted by Crippen LogP contribution is -1.76. The summed E-state index contributed by atoms with van der Waals surface area (Å²) in [5.74, 6) is -1.07. The van der Waals surface area contributed by atoms with Crippen LogP contribution >= 0.6 is 0 Å². The molecule has 1 aromatic carbocycles. The van der Waals surface area contributed by atoms with Crippen molar-refractivity contribution in [3.63, 3.8) is 0 Å². The zero-order valence-electron chi connectivity index (χ0n) is 7.36. The minimum Gasteiger partial charge on any atom is -0.504 e. The average molecular weight is 180 g/mol. The number of allylic oxidation sites excluding steroid dienone is 1. The highest BCUT2D eigenvalue weighted by molar-refractivity contribution is 5.64. The Morgan fingerprint density at radius 1 is 1.15 bits per heavy atom. The highest BCUT2D eigenvalue weighted by Gasteiger charge is 2.07. The van der Waals surface area contributed by atoms with E-state index in [0.717, 1.165) is 6.42 Å². The summed E-state index contributed by atoms with van der Waals surface area (Å²) in [5, 5.41) is 27.5. The maximum Gasteiger partial charge on any atom is 0.200 e. The number of phenols is 3. The number of phenolic OH excluding ortho intramolecular Hbond substituents is 3. The molecule has 0 bridgehead atoms. The number of benzene rings is 1. The molecule has 0 heterocycles. The van der Waals surface area contributed by atoms with Gasteiger partial charge in [-0.1, -0.05) is 19.1 Å². The first-order valence-corrected chi connectivity index (χ1v) is 4.07. The Kier molecular flexibility index (Phi) is 2.80. The fraction of sp³-hybridized carbons (Fsp3) is 0.200. The molecule has 1 rings (SSSR count). The van der Waals surface area contributed by atoms with E-state index in [1.165, 1.54) is 12.1 Å². The molecule has 0 aliphatic carbocycles. The molecule has 0 radical (unpaired) electrons. The Morgan fingerprint density at radius 3 is 2.46 bits per heavy atom. The van der Waals surface area contributed by atoms with Crippen molar-refractivity contribution in [1.29, 1.82) is 0 Å². The second-order valence-corrected chi connectivity index (χ2v) is 2.68. The normalized spacial score (nSPS) is 10.8. The molecule has 0 saturated carbocycles. The molecule has 0 unspecified atom stereocenters. The molecule has 1 aromatic rings. The minimum absolute atomic E-state index is 0.287. The molecule has 3 nitrogen and oxygen atoms in total. The maximum absolute atomic E-state index is 9.34. The van der Waals surface area contributed by atoms with E-state index >= 15 is 0 Å². The van der Waals surface area contributed by atoms with E-state index in [9.17, 15) is 5.11 Å². The van der Waals surface area contributed by atoms with Gasteiger partial charge in [0.2, 0.25) is 5.75 Å². The van der Waals surface area contributed by atoms with E-state index in [-0.39, 0.29) is 11.5 Å². The summed E-state index contributed by atoms with van der Waals surface area (Å²) in [6.07, 6.45) is 4.39. The van der Waals surface area contributed by atoms with Crippen LogP contribution < -0.4 is 0 Å². The summed E-state index contributed by atoms with van der Waals surface area (Å²) < 4.78 is 0. The Bertz CT molecular complexity index is 329. The van der Waals surface area contributed by atoms with Crippen molar-refractivity contribution in [1.82, 2.24) is 0 Å². The Labute approximate surface area is 76.6 Å². The van der Waals surface area contributed by atoms with E-state index in [1.807, 2.05) is 13.0 Å². The third-order valence-corrected chi connectivity index (χ3v) is 1.69. The van der Waals surface area contributed by atoms with Crippen molar-refractivity contribution < 1.29 is 15.3 Å². The molecule has 70 valence electrons.